The van der Waals surface area contributed by atoms with Gasteiger partial charge in [-0.25, -0.2) is 0 Å². The van der Waals surface area contributed by atoms with E-state index < -0.39 is 0 Å². The van der Waals surface area contributed by atoms with Crippen LogP contribution >= 0.6 is 0 Å². The van der Waals surface area contributed by atoms with E-state index in [1.54, 1.807) is 4.47 Å². The molecule has 0 N–H and O–H groups in total. The van der Waals surface area contributed by atoms with Crippen LogP contribution in [0.1, 0.15) is 39.0 Å². The van der Waals surface area contributed by atoms with Crippen molar-refractivity contribution in [2.24, 2.45) is 5.92 Å². The molecule has 0 bridgehead atoms. The first kappa shape index (κ1) is 12.0. The number of hydrogen-bond donors (Lipinski definition) is 0. The van der Waals surface area contributed by atoms with Gasteiger partial charge in [-0.05, 0) is 0 Å². The third-order valence-electron chi connectivity index (χ3n) is 3.14. The molecule has 0 spiro atoms. The molecule has 0 radical (unpaired) electrons. The van der Waals surface area contributed by atoms with Gasteiger partial charge in [-0.15, -0.1) is 0 Å². The zero-order valence-corrected chi connectivity index (χ0v) is 11.7. The van der Waals surface area contributed by atoms with E-state index in [1.165, 1.54) is 36.6 Å². The van der Waals surface area contributed by atoms with Crippen LogP contribution in [-0.4, -0.2) is 15.0 Å². The normalized spacial score (nSPS) is 18.7. The Balaban J connectivity index is 1.91. The van der Waals surface area contributed by atoms with Gasteiger partial charge in [-0.3, -0.25) is 0 Å². The maximum atomic E-state index is 2.55. The summed E-state index contributed by atoms with van der Waals surface area (Å²) in [6.07, 6.45) is 9.71. The second kappa shape index (κ2) is 6.27. The molecular formula is C15H20Se. The van der Waals surface area contributed by atoms with Crippen LogP contribution in [0, 0.1) is 5.92 Å². The molecule has 0 nitrogen and oxygen atoms in total. The molecule has 1 aromatic carbocycles. The summed E-state index contributed by atoms with van der Waals surface area (Å²) in [5, 5.41) is 0. The average molecular weight is 279 g/mol. The Morgan fingerprint density at radius 1 is 1.12 bits per heavy atom. The van der Waals surface area contributed by atoms with Crippen molar-refractivity contribution in [3.05, 3.63) is 40.9 Å². The maximum absolute atomic E-state index is 2.55. The summed E-state index contributed by atoms with van der Waals surface area (Å²) in [5.74, 6) is 0.874. The second-order valence-electron chi connectivity index (χ2n) is 4.59. The Morgan fingerprint density at radius 3 is 2.50 bits per heavy atom. The van der Waals surface area contributed by atoms with E-state index in [0.717, 1.165) is 5.92 Å². The van der Waals surface area contributed by atoms with Crippen molar-refractivity contribution in [1.82, 2.24) is 0 Å². The number of benzene rings is 1. The molecule has 0 amide bonds. The SMILES string of the molecule is C/C(=C\C1CCCCC1)[Se]c1ccccc1. The number of rotatable bonds is 3. The molecule has 0 aliphatic heterocycles. The van der Waals surface area contributed by atoms with E-state index in [0.29, 0.717) is 15.0 Å². The molecule has 1 aliphatic rings. The van der Waals surface area contributed by atoms with Gasteiger partial charge < -0.3 is 0 Å². The van der Waals surface area contributed by atoms with Gasteiger partial charge >= 0.3 is 105 Å². The molecular weight excluding hydrogens is 259 g/mol. The fourth-order valence-electron chi connectivity index (χ4n) is 2.34. The van der Waals surface area contributed by atoms with Crippen LogP contribution in [0.15, 0.2) is 40.9 Å². The van der Waals surface area contributed by atoms with Crippen LogP contribution in [0.2, 0.25) is 0 Å². The first-order valence-corrected chi connectivity index (χ1v) is 7.97. The Hall–Kier alpha value is -0.521. The van der Waals surface area contributed by atoms with Crippen molar-refractivity contribution in [2.75, 3.05) is 0 Å². The zero-order chi connectivity index (χ0) is 11.2. The van der Waals surface area contributed by atoms with Gasteiger partial charge in [-0.2, -0.15) is 0 Å². The van der Waals surface area contributed by atoms with Gasteiger partial charge in [0.2, 0.25) is 0 Å². The van der Waals surface area contributed by atoms with E-state index in [9.17, 15) is 0 Å². The number of hydrogen-bond acceptors (Lipinski definition) is 0. The van der Waals surface area contributed by atoms with E-state index in [4.69, 9.17) is 0 Å². The summed E-state index contributed by atoms with van der Waals surface area (Å²) in [6.45, 7) is 2.31. The topological polar surface area (TPSA) is 0 Å². The van der Waals surface area contributed by atoms with Crippen LogP contribution in [0.4, 0.5) is 0 Å². The van der Waals surface area contributed by atoms with Crippen LogP contribution in [0.5, 0.6) is 0 Å². The van der Waals surface area contributed by atoms with E-state index in [2.05, 4.69) is 43.3 Å². The van der Waals surface area contributed by atoms with Gasteiger partial charge in [0, 0.05) is 0 Å². The molecule has 0 saturated heterocycles. The van der Waals surface area contributed by atoms with Crippen molar-refractivity contribution in [3.8, 4) is 0 Å². The number of allylic oxidation sites excluding steroid dienone is 2. The van der Waals surface area contributed by atoms with Crippen molar-refractivity contribution in [1.29, 1.82) is 0 Å². The van der Waals surface area contributed by atoms with Gasteiger partial charge in [-0.1, -0.05) is 0 Å². The third-order valence-corrected chi connectivity index (χ3v) is 5.17. The summed E-state index contributed by atoms with van der Waals surface area (Å²) >= 11 is 0.540. The molecule has 86 valence electrons. The summed E-state index contributed by atoms with van der Waals surface area (Å²) in [6, 6.07) is 10.9. The Bertz CT molecular complexity index is 334. The predicted octanol–water partition coefficient (Wildman–Crippen LogP) is 3.50. The molecule has 0 atom stereocenters. The monoisotopic (exact) mass is 280 g/mol. The minimum absolute atomic E-state index is 0.540. The molecule has 1 heteroatoms. The Morgan fingerprint density at radius 2 is 1.81 bits per heavy atom. The Labute approximate surface area is 105 Å². The molecule has 0 heterocycles. The van der Waals surface area contributed by atoms with Gasteiger partial charge in [0.15, 0.2) is 0 Å². The van der Waals surface area contributed by atoms with Gasteiger partial charge in [0.05, 0.1) is 0 Å². The predicted molar refractivity (Wildman–Crippen MR) is 72.2 cm³/mol. The summed E-state index contributed by atoms with van der Waals surface area (Å²) in [4.78, 5) is 0. The van der Waals surface area contributed by atoms with Crippen LogP contribution in [0.25, 0.3) is 0 Å². The van der Waals surface area contributed by atoms with Crippen LogP contribution in [0.3, 0.4) is 0 Å². The molecule has 0 unspecified atom stereocenters. The first-order chi connectivity index (χ1) is 7.84. The fourth-order valence-corrected chi connectivity index (χ4v) is 4.28. The van der Waals surface area contributed by atoms with E-state index in [1.807, 2.05) is 0 Å². The van der Waals surface area contributed by atoms with Crippen molar-refractivity contribution < 1.29 is 0 Å². The third kappa shape index (κ3) is 3.81. The standard InChI is InChI=1S/C15H20Se/c1-13(12-14-8-4-2-5-9-14)16-15-10-6-3-7-11-15/h3,6-7,10-12,14H,2,4-5,8-9H2,1H3/b13-12+. The Kier molecular flexibility index (Phi) is 4.69. The van der Waals surface area contributed by atoms with E-state index >= 15 is 0 Å². The van der Waals surface area contributed by atoms with Crippen molar-refractivity contribution in [2.45, 2.75) is 39.0 Å². The summed E-state index contributed by atoms with van der Waals surface area (Å²) in [5.41, 5.74) is 0. The zero-order valence-electron chi connectivity index (χ0n) is 9.99. The molecule has 0 aromatic heterocycles. The van der Waals surface area contributed by atoms with Gasteiger partial charge in [0.1, 0.15) is 0 Å². The van der Waals surface area contributed by atoms with Crippen LogP contribution < -0.4 is 4.46 Å². The molecule has 1 aromatic rings. The summed E-state index contributed by atoms with van der Waals surface area (Å²) in [7, 11) is 0. The van der Waals surface area contributed by atoms with Crippen molar-refractivity contribution >= 4 is 19.4 Å². The van der Waals surface area contributed by atoms with Crippen molar-refractivity contribution in [3.63, 3.8) is 0 Å². The average Bonchev–Trinajstić information content (AvgIpc) is 2.31. The van der Waals surface area contributed by atoms with Crippen LogP contribution in [-0.2, 0) is 0 Å². The molecule has 16 heavy (non-hydrogen) atoms. The molecule has 1 aliphatic carbocycles. The minimum atomic E-state index is 0.540. The first-order valence-electron chi connectivity index (χ1n) is 6.26. The molecule has 1 fully saturated rings. The van der Waals surface area contributed by atoms with Gasteiger partial charge in [0.25, 0.3) is 0 Å². The van der Waals surface area contributed by atoms with E-state index in [-0.39, 0.29) is 0 Å². The second-order valence-corrected chi connectivity index (χ2v) is 7.36. The fraction of sp³-hybridized carbons (Fsp3) is 0.467. The molecule has 1 saturated carbocycles. The summed E-state index contributed by atoms with van der Waals surface area (Å²) < 4.78 is 3.10. The molecule has 2 rings (SSSR count). The quantitative estimate of drug-likeness (QED) is 0.743.